The molecule has 162 valence electrons. The number of nitrogens with zero attached hydrogens (tertiary/aromatic N) is 1. The lowest BCUT2D eigenvalue weighted by molar-refractivity contribution is -0.384. The highest BCUT2D eigenvalue weighted by Crippen LogP contribution is 2.59. The molecule has 1 N–H and O–H groups in total. The summed E-state index contributed by atoms with van der Waals surface area (Å²) in [6.45, 7) is 3.25. The van der Waals surface area contributed by atoms with E-state index in [2.05, 4.69) is 5.32 Å². The van der Waals surface area contributed by atoms with E-state index in [1.807, 2.05) is 0 Å². The molecule has 0 bridgehead atoms. The maximum Gasteiger partial charge on any atom is 0.356 e. The molecule has 1 heterocycles. The standard InChI is InChI=1S/C18H21N2O8PS/c1-3-26-29(23,4-2)28-18(17(19-18)14-8-6-5-7-9-14)30(24,25)27-16-12-10-15(11-13-16)20(21)22/h5-13,17,19H,3-4H2,1-2H3. The Kier molecular flexibility index (Phi) is 6.30. The number of benzene rings is 2. The third-order valence-corrected chi connectivity index (χ3v) is 8.10. The Hall–Kier alpha value is -2.30. The van der Waals surface area contributed by atoms with Crippen molar-refractivity contribution in [2.24, 2.45) is 0 Å². The summed E-state index contributed by atoms with van der Waals surface area (Å²) in [4.78, 5) is 10.2. The molecule has 1 saturated heterocycles. The van der Waals surface area contributed by atoms with Crippen LogP contribution in [0.15, 0.2) is 54.6 Å². The first kappa shape index (κ1) is 22.4. The number of nitro benzene ring substituents is 1. The second-order valence-electron chi connectivity index (χ2n) is 6.38. The van der Waals surface area contributed by atoms with Gasteiger partial charge in [-0.15, -0.1) is 0 Å². The van der Waals surface area contributed by atoms with Crippen LogP contribution in [0.25, 0.3) is 0 Å². The third-order valence-electron chi connectivity index (χ3n) is 4.39. The number of rotatable bonds is 10. The topological polar surface area (TPSA) is 144 Å². The SMILES string of the molecule is CCOP(=O)(CC)OC1(S(=O)(=O)Oc2ccc([N+](=O)[O-])cc2)NC1c1ccccc1. The van der Waals surface area contributed by atoms with Crippen molar-refractivity contribution in [3.63, 3.8) is 0 Å². The quantitative estimate of drug-likeness (QED) is 0.186. The average molecular weight is 456 g/mol. The molecule has 0 aliphatic carbocycles. The van der Waals surface area contributed by atoms with E-state index >= 15 is 0 Å². The van der Waals surface area contributed by atoms with Crippen molar-refractivity contribution in [3.8, 4) is 5.75 Å². The first-order valence-corrected chi connectivity index (χ1v) is 12.3. The molecule has 30 heavy (non-hydrogen) atoms. The van der Waals surface area contributed by atoms with Crippen LogP contribution in [0.1, 0.15) is 25.5 Å². The first-order chi connectivity index (χ1) is 14.2. The number of hydrogen-bond acceptors (Lipinski definition) is 9. The zero-order chi connectivity index (χ0) is 22.0. The van der Waals surface area contributed by atoms with E-state index in [4.69, 9.17) is 13.2 Å². The van der Waals surface area contributed by atoms with Crippen molar-refractivity contribution in [1.82, 2.24) is 5.32 Å². The Morgan fingerprint density at radius 3 is 2.30 bits per heavy atom. The minimum absolute atomic E-state index is 0.0428. The van der Waals surface area contributed by atoms with Gasteiger partial charge in [0.15, 0.2) is 0 Å². The van der Waals surface area contributed by atoms with E-state index in [0.717, 1.165) is 24.3 Å². The summed E-state index contributed by atoms with van der Waals surface area (Å²) in [6, 6.07) is 12.3. The van der Waals surface area contributed by atoms with Gasteiger partial charge in [0.05, 0.1) is 17.6 Å². The number of non-ortho nitro benzene ring substituents is 1. The van der Waals surface area contributed by atoms with Gasteiger partial charge in [-0.25, -0.2) is 0 Å². The summed E-state index contributed by atoms with van der Waals surface area (Å²) in [5.41, 5.74) is 0.372. The van der Waals surface area contributed by atoms with Gasteiger partial charge >= 0.3 is 17.7 Å². The lowest BCUT2D eigenvalue weighted by atomic mass is 10.1. The molecule has 12 heteroatoms. The molecule has 1 aliphatic heterocycles. The lowest BCUT2D eigenvalue weighted by Crippen LogP contribution is -2.35. The molecule has 0 spiro atoms. The van der Waals surface area contributed by atoms with E-state index in [0.29, 0.717) is 5.56 Å². The molecule has 1 aliphatic rings. The van der Waals surface area contributed by atoms with Gasteiger partial charge < -0.3 is 8.71 Å². The summed E-state index contributed by atoms with van der Waals surface area (Å²) in [5, 5.41) is 11.4. The molecule has 0 aromatic heterocycles. The van der Waals surface area contributed by atoms with Crippen LogP contribution in [-0.4, -0.2) is 31.2 Å². The summed E-state index contributed by atoms with van der Waals surface area (Å²) in [7, 11) is -8.30. The highest BCUT2D eigenvalue weighted by atomic mass is 32.2. The predicted octanol–water partition coefficient (Wildman–Crippen LogP) is 3.57. The maximum absolute atomic E-state index is 13.2. The minimum atomic E-state index is -4.55. The average Bonchev–Trinajstić information content (AvgIpc) is 3.45. The smallest absolute Gasteiger partial charge is 0.356 e. The normalized spacial score (nSPS) is 22.8. The van der Waals surface area contributed by atoms with Crippen LogP contribution < -0.4 is 9.50 Å². The first-order valence-electron chi connectivity index (χ1n) is 9.12. The second-order valence-corrected chi connectivity index (χ2v) is 10.4. The fourth-order valence-corrected chi connectivity index (χ4v) is 6.06. The van der Waals surface area contributed by atoms with Crippen molar-refractivity contribution >= 4 is 23.4 Å². The van der Waals surface area contributed by atoms with Gasteiger partial charge in [0.2, 0.25) is 0 Å². The maximum atomic E-state index is 13.2. The summed E-state index contributed by atoms with van der Waals surface area (Å²) in [6.07, 6.45) is -0.0428. The van der Waals surface area contributed by atoms with Crippen molar-refractivity contribution in [2.45, 2.75) is 24.9 Å². The van der Waals surface area contributed by atoms with Gasteiger partial charge in [0.25, 0.3) is 10.7 Å². The summed E-state index contributed by atoms with van der Waals surface area (Å²) in [5.74, 6) is -0.146. The molecule has 3 rings (SSSR count). The molecule has 0 saturated carbocycles. The van der Waals surface area contributed by atoms with E-state index in [1.54, 1.807) is 44.2 Å². The third kappa shape index (κ3) is 4.40. The van der Waals surface area contributed by atoms with Crippen LogP contribution in [0.4, 0.5) is 5.69 Å². The van der Waals surface area contributed by atoms with Crippen LogP contribution in [0.3, 0.4) is 0 Å². The zero-order valence-corrected chi connectivity index (χ0v) is 18.0. The van der Waals surface area contributed by atoms with Crippen LogP contribution in [0.5, 0.6) is 5.75 Å². The van der Waals surface area contributed by atoms with Crippen LogP contribution >= 0.6 is 7.60 Å². The van der Waals surface area contributed by atoms with Crippen molar-refractivity contribution in [3.05, 3.63) is 70.3 Å². The highest BCUT2D eigenvalue weighted by molar-refractivity contribution is 7.89. The molecular formula is C18H21N2O8PS. The van der Waals surface area contributed by atoms with Gasteiger partial charge in [-0.1, -0.05) is 37.3 Å². The molecular weight excluding hydrogens is 435 g/mol. The van der Waals surface area contributed by atoms with E-state index < -0.39 is 33.7 Å². The van der Waals surface area contributed by atoms with Crippen LogP contribution in [0, 0.1) is 10.1 Å². The molecule has 2 aromatic rings. The number of hydrogen-bond donors (Lipinski definition) is 1. The van der Waals surface area contributed by atoms with Crippen molar-refractivity contribution in [1.29, 1.82) is 0 Å². The molecule has 0 amide bonds. The van der Waals surface area contributed by atoms with E-state index in [1.165, 1.54) is 0 Å². The number of nitrogens with one attached hydrogen (secondary N) is 1. The van der Waals surface area contributed by atoms with Crippen molar-refractivity contribution < 1.29 is 31.1 Å². The Morgan fingerprint density at radius 1 is 1.13 bits per heavy atom. The van der Waals surface area contributed by atoms with Gasteiger partial charge in [-0.2, -0.15) is 8.42 Å². The summed E-state index contributed by atoms with van der Waals surface area (Å²) >= 11 is 0. The fourth-order valence-electron chi connectivity index (χ4n) is 2.85. The molecule has 2 aromatic carbocycles. The Morgan fingerprint density at radius 2 is 1.77 bits per heavy atom. The Labute approximate surface area is 174 Å². The van der Waals surface area contributed by atoms with Crippen LogP contribution in [0.2, 0.25) is 0 Å². The van der Waals surface area contributed by atoms with Gasteiger partial charge in [-0.05, 0) is 24.6 Å². The highest BCUT2D eigenvalue weighted by Gasteiger charge is 2.70. The van der Waals surface area contributed by atoms with Crippen molar-refractivity contribution in [2.75, 3.05) is 12.8 Å². The molecule has 3 atom stereocenters. The fraction of sp³-hybridized carbons (Fsp3) is 0.333. The molecule has 1 fully saturated rings. The molecule has 3 unspecified atom stereocenters. The van der Waals surface area contributed by atoms with E-state index in [-0.39, 0.29) is 24.2 Å². The summed E-state index contributed by atoms with van der Waals surface area (Å²) < 4.78 is 55.3. The van der Waals surface area contributed by atoms with Gasteiger partial charge in [0, 0.05) is 18.3 Å². The van der Waals surface area contributed by atoms with Gasteiger partial charge in [-0.3, -0.25) is 24.5 Å². The molecule has 10 nitrogen and oxygen atoms in total. The largest absolute Gasteiger partial charge is 0.379 e. The monoisotopic (exact) mass is 456 g/mol. The van der Waals surface area contributed by atoms with Gasteiger partial charge in [0.1, 0.15) is 5.75 Å². The minimum Gasteiger partial charge on any atom is -0.379 e. The van der Waals surface area contributed by atoms with Crippen LogP contribution in [-0.2, 0) is 23.7 Å². The second kappa shape index (κ2) is 8.44. The van der Waals surface area contributed by atoms with E-state index in [9.17, 15) is 23.1 Å². The number of nitro groups is 1. The predicted molar refractivity (Wildman–Crippen MR) is 109 cm³/mol. The lowest BCUT2D eigenvalue weighted by Gasteiger charge is -2.23. The zero-order valence-electron chi connectivity index (χ0n) is 16.3. The molecule has 0 radical (unpaired) electrons. The Bertz CT molecular complexity index is 1060. The Balaban J connectivity index is 1.95.